The molecular weight excluding hydrogens is 465 g/mol. The standard InChI is InChI=1S/C21H18ClF3N4O4/c1-10-3-12(4-11(2)17(10)32-9-14(31)8-30)18-27-20(33-28-18)16-7-29-6-13(21(23,24)25)5-15(22)19(29)26-16/h3-7,14,30-31H,8-9H2,1-2H3. The van der Waals surface area contributed by atoms with Gasteiger partial charge in [0, 0.05) is 18.0 Å². The van der Waals surface area contributed by atoms with Crippen LogP contribution in [0.3, 0.4) is 0 Å². The lowest BCUT2D eigenvalue weighted by atomic mass is 10.1. The molecule has 0 saturated carbocycles. The van der Waals surface area contributed by atoms with Gasteiger partial charge in [0.1, 0.15) is 24.2 Å². The minimum Gasteiger partial charge on any atom is -0.490 e. The highest BCUT2D eigenvalue weighted by molar-refractivity contribution is 6.33. The lowest BCUT2D eigenvalue weighted by molar-refractivity contribution is -0.137. The summed E-state index contributed by atoms with van der Waals surface area (Å²) in [5.41, 5.74) is 1.51. The monoisotopic (exact) mass is 482 g/mol. The van der Waals surface area contributed by atoms with Crippen LogP contribution in [0.5, 0.6) is 5.75 Å². The van der Waals surface area contributed by atoms with E-state index in [2.05, 4.69) is 15.1 Å². The number of halogens is 4. The van der Waals surface area contributed by atoms with E-state index >= 15 is 0 Å². The van der Waals surface area contributed by atoms with Crippen LogP contribution < -0.4 is 4.74 Å². The highest BCUT2D eigenvalue weighted by Crippen LogP contribution is 2.34. The normalized spacial score (nSPS) is 13.0. The van der Waals surface area contributed by atoms with E-state index in [1.807, 2.05) is 0 Å². The summed E-state index contributed by atoms with van der Waals surface area (Å²) in [5, 5.41) is 22.2. The number of hydrogen-bond donors (Lipinski definition) is 2. The highest BCUT2D eigenvalue weighted by Gasteiger charge is 2.32. The van der Waals surface area contributed by atoms with E-state index < -0.39 is 24.5 Å². The highest BCUT2D eigenvalue weighted by atomic mass is 35.5. The van der Waals surface area contributed by atoms with Gasteiger partial charge in [-0.05, 0) is 43.2 Å². The number of hydrogen-bond acceptors (Lipinski definition) is 7. The van der Waals surface area contributed by atoms with Gasteiger partial charge in [0.2, 0.25) is 5.82 Å². The fourth-order valence-corrected chi connectivity index (χ4v) is 3.56. The topological polar surface area (TPSA) is 106 Å². The van der Waals surface area contributed by atoms with Gasteiger partial charge in [-0.3, -0.25) is 0 Å². The maximum atomic E-state index is 13.1. The molecule has 0 amide bonds. The number of ether oxygens (including phenoxy) is 1. The second-order valence-electron chi connectivity index (χ2n) is 7.44. The molecule has 1 atom stereocenters. The molecule has 33 heavy (non-hydrogen) atoms. The smallest absolute Gasteiger partial charge is 0.417 e. The molecule has 1 unspecified atom stereocenters. The first-order chi connectivity index (χ1) is 15.6. The SMILES string of the molecule is Cc1cc(-c2noc(-c3cn4cc(C(F)(F)F)cc(Cl)c4n3)n2)cc(C)c1OCC(O)CO. The molecule has 0 fully saturated rings. The second kappa shape index (κ2) is 8.65. The van der Waals surface area contributed by atoms with Crippen LogP contribution in [0.1, 0.15) is 16.7 Å². The molecule has 4 aromatic rings. The van der Waals surface area contributed by atoms with Crippen molar-refractivity contribution in [2.45, 2.75) is 26.1 Å². The Morgan fingerprint density at radius 3 is 2.48 bits per heavy atom. The van der Waals surface area contributed by atoms with Crippen molar-refractivity contribution in [2.75, 3.05) is 13.2 Å². The molecule has 0 spiro atoms. The minimum atomic E-state index is -4.55. The molecule has 174 valence electrons. The third kappa shape index (κ3) is 4.65. The first-order valence-corrected chi connectivity index (χ1v) is 10.1. The van der Waals surface area contributed by atoms with Crippen molar-refractivity contribution in [1.29, 1.82) is 0 Å². The van der Waals surface area contributed by atoms with E-state index in [1.165, 1.54) is 6.20 Å². The van der Waals surface area contributed by atoms with Crippen molar-refractivity contribution < 1.29 is 32.6 Å². The summed E-state index contributed by atoms with van der Waals surface area (Å²) in [5.74, 6) is 0.822. The molecule has 0 aliphatic rings. The summed E-state index contributed by atoms with van der Waals surface area (Å²) >= 11 is 5.98. The first-order valence-electron chi connectivity index (χ1n) is 9.69. The average molecular weight is 483 g/mol. The maximum Gasteiger partial charge on any atom is 0.417 e. The molecule has 12 heteroatoms. The summed E-state index contributed by atoms with van der Waals surface area (Å²) in [6.45, 7) is 3.14. The van der Waals surface area contributed by atoms with E-state index in [9.17, 15) is 18.3 Å². The predicted molar refractivity (Wildman–Crippen MR) is 112 cm³/mol. The quantitative estimate of drug-likeness (QED) is 0.426. The number of imidazole rings is 1. The molecule has 4 rings (SSSR count). The second-order valence-corrected chi connectivity index (χ2v) is 7.85. The Morgan fingerprint density at radius 2 is 1.85 bits per heavy atom. The van der Waals surface area contributed by atoms with Crippen LogP contribution >= 0.6 is 11.6 Å². The zero-order chi connectivity index (χ0) is 23.9. The van der Waals surface area contributed by atoms with Gasteiger partial charge in [0.25, 0.3) is 5.89 Å². The summed E-state index contributed by atoms with van der Waals surface area (Å²) in [4.78, 5) is 8.53. The van der Waals surface area contributed by atoms with E-state index in [4.69, 9.17) is 26.0 Å². The molecule has 0 bridgehead atoms. The Balaban J connectivity index is 1.64. The van der Waals surface area contributed by atoms with Crippen molar-refractivity contribution in [3.05, 3.63) is 52.3 Å². The van der Waals surface area contributed by atoms with Crippen molar-refractivity contribution >= 4 is 17.2 Å². The molecule has 0 saturated heterocycles. The fraction of sp³-hybridized carbons (Fsp3) is 0.286. The number of aliphatic hydroxyl groups excluding tert-OH is 2. The zero-order valence-corrected chi connectivity index (χ0v) is 18.1. The van der Waals surface area contributed by atoms with Gasteiger partial charge < -0.3 is 23.9 Å². The van der Waals surface area contributed by atoms with Gasteiger partial charge >= 0.3 is 6.18 Å². The Kier molecular flexibility index (Phi) is 6.04. The number of aromatic nitrogens is 4. The Hall–Kier alpha value is -3.15. The van der Waals surface area contributed by atoms with Crippen LogP contribution in [0.15, 0.2) is 35.1 Å². The molecule has 0 aliphatic carbocycles. The van der Waals surface area contributed by atoms with Crippen LogP contribution in [0.25, 0.3) is 28.6 Å². The van der Waals surface area contributed by atoms with Crippen molar-refractivity contribution in [1.82, 2.24) is 19.5 Å². The van der Waals surface area contributed by atoms with Crippen LogP contribution in [0, 0.1) is 13.8 Å². The van der Waals surface area contributed by atoms with Crippen molar-refractivity contribution in [3.63, 3.8) is 0 Å². The number of nitrogens with zero attached hydrogens (tertiary/aromatic N) is 4. The van der Waals surface area contributed by atoms with Gasteiger partial charge in [-0.25, -0.2) is 4.98 Å². The van der Waals surface area contributed by atoms with E-state index in [1.54, 1.807) is 26.0 Å². The lowest BCUT2D eigenvalue weighted by Gasteiger charge is -2.15. The third-order valence-corrected chi connectivity index (χ3v) is 5.11. The summed E-state index contributed by atoms with van der Waals surface area (Å²) in [7, 11) is 0. The largest absolute Gasteiger partial charge is 0.490 e. The molecule has 2 N–H and O–H groups in total. The molecule has 1 aromatic carbocycles. The predicted octanol–water partition coefficient (Wildman–Crippen LogP) is 4.07. The number of alkyl halides is 3. The van der Waals surface area contributed by atoms with Crippen LogP contribution in [-0.4, -0.2) is 49.1 Å². The Labute approximate surface area is 190 Å². The van der Waals surface area contributed by atoms with Gasteiger partial charge in [-0.2, -0.15) is 18.2 Å². The minimum absolute atomic E-state index is 0.0139. The number of aryl methyl sites for hydroxylation is 2. The number of benzene rings is 1. The molecule has 8 nitrogen and oxygen atoms in total. The molecule has 0 radical (unpaired) electrons. The number of fused-ring (bicyclic) bond motifs is 1. The lowest BCUT2D eigenvalue weighted by Crippen LogP contribution is -2.21. The van der Waals surface area contributed by atoms with Crippen molar-refractivity contribution in [3.8, 4) is 28.7 Å². The number of aliphatic hydroxyl groups is 2. The summed E-state index contributed by atoms with van der Waals surface area (Å²) in [6.07, 6.45) is -3.34. The zero-order valence-electron chi connectivity index (χ0n) is 17.4. The molecule has 3 heterocycles. The molecule has 3 aromatic heterocycles. The number of rotatable bonds is 6. The molecular formula is C21H18ClF3N4O4. The van der Waals surface area contributed by atoms with Crippen LogP contribution in [-0.2, 0) is 6.18 Å². The van der Waals surface area contributed by atoms with Crippen LogP contribution in [0.4, 0.5) is 13.2 Å². The van der Waals surface area contributed by atoms with Gasteiger partial charge in [-0.1, -0.05) is 16.8 Å². The number of pyridine rings is 1. The molecule has 0 aliphatic heterocycles. The van der Waals surface area contributed by atoms with Crippen molar-refractivity contribution in [2.24, 2.45) is 0 Å². The van der Waals surface area contributed by atoms with Crippen LogP contribution in [0.2, 0.25) is 5.02 Å². The Morgan fingerprint density at radius 1 is 1.15 bits per heavy atom. The fourth-order valence-electron chi connectivity index (χ4n) is 3.30. The summed E-state index contributed by atoms with van der Waals surface area (Å²) < 4.78 is 51.2. The van der Waals surface area contributed by atoms with Gasteiger partial charge in [0.15, 0.2) is 5.65 Å². The Bertz CT molecular complexity index is 1300. The third-order valence-electron chi connectivity index (χ3n) is 4.83. The first kappa shape index (κ1) is 23.0. The maximum absolute atomic E-state index is 13.1. The van der Waals surface area contributed by atoms with E-state index in [0.717, 1.165) is 27.8 Å². The van der Waals surface area contributed by atoms with E-state index in [-0.39, 0.29) is 34.7 Å². The average Bonchev–Trinajstić information content (AvgIpc) is 3.39. The van der Waals surface area contributed by atoms with E-state index in [0.29, 0.717) is 11.3 Å². The van der Waals surface area contributed by atoms with Gasteiger partial charge in [0.05, 0.1) is 17.2 Å². The summed E-state index contributed by atoms with van der Waals surface area (Å²) in [6, 6.07) is 4.33. The van der Waals surface area contributed by atoms with Gasteiger partial charge in [-0.15, -0.1) is 0 Å².